The molecule has 1 aromatic carbocycles. The van der Waals surface area contributed by atoms with Gasteiger partial charge in [-0.25, -0.2) is 0 Å². The molecule has 1 aliphatic heterocycles. The minimum Gasteiger partial charge on any atom is -0.462 e. The summed E-state index contributed by atoms with van der Waals surface area (Å²) in [7, 11) is 0. The lowest BCUT2D eigenvalue weighted by Crippen LogP contribution is -2.56. The van der Waals surface area contributed by atoms with Crippen molar-refractivity contribution in [2.45, 2.75) is 13.8 Å². The van der Waals surface area contributed by atoms with Crippen molar-refractivity contribution in [2.75, 3.05) is 11.4 Å². The number of hydrogen-bond acceptors (Lipinski definition) is 4. The largest absolute Gasteiger partial charge is 0.462 e. The first-order valence-electron chi connectivity index (χ1n) is 7.66. The zero-order valence-electron chi connectivity index (χ0n) is 13.7. The fourth-order valence-electron chi connectivity index (χ4n) is 2.55. The molecule has 0 saturated carbocycles. The molecule has 5 nitrogen and oxygen atoms in total. The van der Waals surface area contributed by atoms with Crippen molar-refractivity contribution >= 4 is 52.5 Å². The van der Waals surface area contributed by atoms with Crippen molar-refractivity contribution in [2.24, 2.45) is 0 Å². The molecular weight excluding hydrogens is 360 g/mol. The summed E-state index contributed by atoms with van der Waals surface area (Å²) in [5, 5.41) is 0.692. The molecule has 3 rings (SSSR count). The van der Waals surface area contributed by atoms with Crippen LogP contribution in [0.5, 0.6) is 0 Å². The van der Waals surface area contributed by atoms with Crippen LogP contribution in [0.3, 0.4) is 0 Å². The zero-order chi connectivity index (χ0) is 18.1. The summed E-state index contributed by atoms with van der Waals surface area (Å²) in [4.78, 5) is 28.3. The summed E-state index contributed by atoms with van der Waals surface area (Å²) in [5.41, 5.74) is 0.548. The number of amides is 2. The van der Waals surface area contributed by atoms with E-state index >= 15 is 0 Å². The van der Waals surface area contributed by atoms with E-state index in [1.54, 1.807) is 50.2 Å². The van der Waals surface area contributed by atoms with Crippen LogP contribution < -0.4 is 4.90 Å². The molecule has 0 bridgehead atoms. The van der Waals surface area contributed by atoms with Gasteiger partial charge in [0, 0.05) is 11.6 Å². The molecule has 1 saturated heterocycles. The number of benzene rings is 1. The van der Waals surface area contributed by atoms with Gasteiger partial charge in [0.15, 0.2) is 5.11 Å². The molecule has 1 aromatic heterocycles. The van der Waals surface area contributed by atoms with Gasteiger partial charge in [-0.15, -0.1) is 0 Å². The summed E-state index contributed by atoms with van der Waals surface area (Å²) >= 11 is 11.3. The SMILES string of the molecule is CCN1C(=O)C(=Cc2ccc(C)o2)C(=O)N(c2ccc(Cl)cc2)C1=S. The van der Waals surface area contributed by atoms with E-state index in [1.807, 2.05) is 0 Å². The lowest BCUT2D eigenvalue weighted by molar-refractivity contribution is -0.127. The first-order chi connectivity index (χ1) is 11.9. The molecule has 25 heavy (non-hydrogen) atoms. The molecule has 2 heterocycles. The highest BCUT2D eigenvalue weighted by Crippen LogP contribution is 2.27. The van der Waals surface area contributed by atoms with Gasteiger partial charge in [0.1, 0.15) is 17.1 Å². The molecule has 7 heteroatoms. The predicted octanol–water partition coefficient (Wildman–Crippen LogP) is 3.81. The molecule has 0 radical (unpaired) electrons. The van der Waals surface area contributed by atoms with Crippen molar-refractivity contribution in [3.05, 3.63) is 58.5 Å². The van der Waals surface area contributed by atoms with Gasteiger partial charge in [0.2, 0.25) is 0 Å². The topological polar surface area (TPSA) is 53.8 Å². The van der Waals surface area contributed by atoms with Gasteiger partial charge in [-0.2, -0.15) is 0 Å². The first-order valence-corrected chi connectivity index (χ1v) is 8.45. The quantitative estimate of drug-likeness (QED) is 0.466. The summed E-state index contributed by atoms with van der Waals surface area (Å²) in [6, 6.07) is 10.2. The van der Waals surface area contributed by atoms with Crippen molar-refractivity contribution in [1.29, 1.82) is 0 Å². The second-order valence-corrected chi connectivity index (χ2v) is 6.26. The Balaban J connectivity index is 2.08. The number of thiocarbonyl (C=S) groups is 1. The maximum absolute atomic E-state index is 13.0. The lowest BCUT2D eigenvalue weighted by Gasteiger charge is -2.35. The summed E-state index contributed by atoms with van der Waals surface area (Å²) in [6.07, 6.45) is 1.45. The normalized spacial score (nSPS) is 16.9. The third kappa shape index (κ3) is 3.23. The fraction of sp³-hybridized carbons (Fsp3) is 0.167. The van der Waals surface area contributed by atoms with Gasteiger partial charge in [0.25, 0.3) is 11.8 Å². The number of aryl methyl sites for hydroxylation is 1. The third-order valence-electron chi connectivity index (χ3n) is 3.78. The van der Waals surface area contributed by atoms with Gasteiger partial charge in [-0.3, -0.25) is 19.4 Å². The Labute approximate surface area is 155 Å². The van der Waals surface area contributed by atoms with E-state index < -0.39 is 11.8 Å². The molecule has 128 valence electrons. The highest BCUT2D eigenvalue weighted by Gasteiger charge is 2.39. The van der Waals surface area contributed by atoms with Crippen molar-refractivity contribution in [3.8, 4) is 0 Å². The smallest absolute Gasteiger partial charge is 0.270 e. The van der Waals surface area contributed by atoms with E-state index in [1.165, 1.54) is 15.9 Å². The Morgan fingerprint density at radius 2 is 1.80 bits per heavy atom. The van der Waals surface area contributed by atoms with Crippen molar-refractivity contribution in [3.63, 3.8) is 0 Å². The molecule has 0 atom stereocenters. The Bertz CT molecular complexity index is 886. The minimum atomic E-state index is -0.490. The van der Waals surface area contributed by atoms with Crippen LogP contribution in [0.25, 0.3) is 6.08 Å². The van der Waals surface area contributed by atoms with Crippen molar-refractivity contribution in [1.82, 2.24) is 4.90 Å². The van der Waals surface area contributed by atoms with E-state index in [4.69, 9.17) is 28.2 Å². The van der Waals surface area contributed by atoms with E-state index in [0.717, 1.165) is 0 Å². The Kier molecular flexibility index (Phi) is 4.74. The molecule has 0 N–H and O–H groups in total. The molecule has 0 aliphatic carbocycles. The second-order valence-electron chi connectivity index (χ2n) is 5.46. The van der Waals surface area contributed by atoms with Gasteiger partial charge >= 0.3 is 0 Å². The number of nitrogens with zero attached hydrogens (tertiary/aromatic N) is 2. The standard InChI is InChI=1S/C18H15ClN2O3S/c1-3-20-16(22)15(10-14-9-4-11(2)24-14)17(23)21(18(20)25)13-7-5-12(19)6-8-13/h4-10H,3H2,1-2H3. The number of likely N-dealkylation sites (N-methyl/N-ethyl adjacent to an activating group) is 1. The molecule has 0 unspecified atom stereocenters. The first kappa shape index (κ1) is 17.4. The van der Waals surface area contributed by atoms with Crippen LogP contribution in [0, 0.1) is 6.92 Å². The minimum absolute atomic E-state index is 0.000231. The van der Waals surface area contributed by atoms with Crippen LogP contribution >= 0.6 is 23.8 Å². The van der Waals surface area contributed by atoms with Crippen LogP contribution in [0.1, 0.15) is 18.4 Å². The Hall–Kier alpha value is -2.44. The van der Waals surface area contributed by atoms with E-state index in [-0.39, 0.29) is 10.7 Å². The molecule has 2 amide bonds. The van der Waals surface area contributed by atoms with Gasteiger partial charge < -0.3 is 4.42 Å². The highest BCUT2D eigenvalue weighted by molar-refractivity contribution is 7.80. The van der Waals surface area contributed by atoms with Crippen molar-refractivity contribution < 1.29 is 14.0 Å². The van der Waals surface area contributed by atoms with Crippen LogP contribution in [-0.4, -0.2) is 28.4 Å². The van der Waals surface area contributed by atoms with E-state index in [0.29, 0.717) is 28.8 Å². The summed E-state index contributed by atoms with van der Waals surface area (Å²) in [5.74, 6) is 0.210. The number of hydrogen-bond donors (Lipinski definition) is 0. The summed E-state index contributed by atoms with van der Waals surface area (Å²) < 4.78 is 5.47. The monoisotopic (exact) mass is 374 g/mol. The van der Waals surface area contributed by atoms with Gasteiger partial charge in [0.05, 0.1) is 5.69 Å². The Morgan fingerprint density at radius 3 is 2.36 bits per heavy atom. The lowest BCUT2D eigenvalue weighted by atomic mass is 10.1. The number of rotatable bonds is 3. The Morgan fingerprint density at radius 1 is 1.12 bits per heavy atom. The summed E-state index contributed by atoms with van der Waals surface area (Å²) in [6.45, 7) is 3.94. The average Bonchev–Trinajstić information content (AvgIpc) is 2.99. The van der Waals surface area contributed by atoms with Crippen LogP contribution in [0.15, 0.2) is 46.4 Å². The van der Waals surface area contributed by atoms with Gasteiger partial charge in [-0.05, 0) is 68.5 Å². The highest BCUT2D eigenvalue weighted by atomic mass is 35.5. The number of carbonyl (C=O) groups excluding carboxylic acids is 2. The number of furan rings is 1. The second kappa shape index (κ2) is 6.82. The maximum Gasteiger partial charge on any atom is 0.270 e. The molecule has 1 fully saturated rings. The zero-order valence-corrected chi connectivity index (χ0v) is 15.2. The maximum atomic E-state index is 13.0. The number of carbonyl (C=O) groups is 2. The number of anilines is 1. The van der Waals surface area contributed by atoms with Crippen LogP contribution in [-0.2, 0) is 9.59 Å². The average molecular weight is 375 g/mol. The van der Waals surface area contributed by atoms with E-state index in [2.05, 4.69) is 0 Å². The fourth-order valence-corrected chi connectivity index (χ4v) is 3.07. The third-order valence-corrected chi connectivity index (χ3v) is 4.43. The predicted molar refractivity (Wildman–Crippen MR) is 100 cm³/mol. The molecule has 0 spiro atoms. The van der Waals surface area contributed by atoms with Crippen LogP contribution in [0.2, 0.25) is 5.02 Å². The molecular formula is C18H15ClN2O3S. The number of halogens is 1. The molecule has 2 aromatic rings. The van der Waals surface area contributed by atoms with E-state index in [9.17, 15) is 9.59 Å². The van der Waals surface area contributed by atoms with Gasteiger partial charge in [-0.1, -0.05) is 11.6 Å². The van der Waals surface area contributed by atoms with Crippen LogP contribution in [0.4, 0.5) is 5.69 Å². The molecule has 1 aliphatic rings.